The molecule has 0 radical (unpaired) electrons. The van der Waals surface area contributed by atoms with Crippen molar-refractivity contribution in [2.24, 2.45) is 5.10 Å². The van der Waals surface area contributed by atoms with Gasteiger partial charge in [0.2, 0.25) is 0 Å². The minimum absolute atomic E-state index is 0.0138. The Hall–Kier alpha value is -3.13. The van der Waals surface area contributed by atoms with Crippen LogP contribution in [0.5, 0.6) is 5.75 Å². The Balaban J connectivity index is 1.94. The first-order valence-electron chi connectivity index (χ1n) is 6.69. The van der Waals surface area contributed by atoms with Gasteiger partial charge in [-0.05, 0) is 48.4 Å². The number of nitriles is 1. The van der Waals surface area contributed by atoms with Crippen molar-refractivity contribution in [1.82, 2.24) is 5.43 Å². The molecule has 0 bridgehead atoms. The summed E-state index contributed by atoms with van der Waals surface area (Å²) in [5.74, 6) is 0.367. The molecule has 0 aromatic heterocycles. The SMILES string of the molecule is Cc1ccccc1C(=O)N/N=C\c1ccc(OCC#N)cc1. The highest BCUT2D eigenvalue weighted by atomic mass is 16.5. The number of rotatable bonds is 5. The Morgan fingerprint density at radius 1 is 1.27 bits per heavy atom. The van der Waals surface area contributed by atoms with Crippen LogP contribution >= 0.6 is 0 Å². The molecule has 22 heavy (non-hydrogen) atoms. The van der Waals surface area contributed by atoms with Crippen LogP contribution in [0, 0.1) is 18.3 Å². The minimum atomic E-state index is -0.247. The van der Waals surface area contributed by atoms with Crippen molar-refractivity contribution in [3.05, 3.63) is 65.2 Å². The van der Waals surface area contributed by atoms with Gasteiger partial charge < -0.3 is 4.74 Å². The largest absolute Gasteiger partial charge is 0.479 e. The summed E-state index contributed by atoms with van der Waals surface area (Å²) in [5.41, 5.74) is 4.80. The molecule has 0 saturated heterocycles. The highest BCUT2D eigenvalue weighted by Crippen LogP contribution is 2.10. The molecule has 2 rings (SSSR count). The molecule has 0 heterocycles. The van der Waals surface area contributed by atoms with E-state index in [1.54, 1.807) is 36.5 Å². The molecule has 0 aliphatic rings. The lowest BCUT2D eigenvalue weighted by molar-refractivity contribution is 0.0954. The number of carbonyl (C=O) groups is 1. The normalized spacial score (nSPS) is 10.2. The van der Waals surface area contributed by atoms with Crippen LogP contribution in [-0.2, 0) is 0 Å². The van der Waals surface area contributed by atoms with Gasteiger partial charge in [-0.3, -0.25) is 4.79 Å². The third-order valence-electron chi connectivity index (χ3n) is 2.95. The molecule has 0 aliphatic carbocycles. The second-order valence-electron chi connectivity index (χ2n) is 4.53. The summed E-state index contributed by atoms with van der Waals surface area (Å²) in [5, 5.41) is 12.4. The summed E-state index contributed by atoms with van der Waals surface area (Å²) < 4.78 is 5.15. The molecular formula is C17H15N3O2. The van der Waals surface area contributed by atoms with E-state index < -0.39 is 0 Å². The Morgan fingerprint density at radius 3 is 2.68 bits per heavy atom. The van der Waals surface area contributed by atoms with E-state index in [1.807, 2.05) is 31.2 Å². The number of hydrogen-bond donors (Lipinski definition) is 1. The molecule has 0 aliphatic heterocycles. The number of hydrogen-bond acceptors (Lipinski definition) is 4. The first kappa shape index (κ1) is 15.3. The maximum atomic E-state index is 12.0. The summed E-state index contributed by atoms with van der Waals surface area (Å²) >= 11 is 0. The smallest absolute Gasteiger partial charge is 0.271 e. The van der Waals surface area contributed by atoms with Gasteiger partial charge in [-0.25, -0.2) is 5.43 Å². The zero-order valence-corrected chi connectivity index (χ0v) is 12.1. The zero-order chi connectivity index (χ0) is 15.8. The Bertz CT molecular complexity index is 715. The maximum Gasteiger partial charge on any atom is 0.271 e. The molecule has 0 unspecified atom stereocenters. The van der Waals surface area contributed by atoms with Gasteiger partial charge in [-0.2, -0.15) is 10.4 Å². The quantitative estimate of drug-likeness (QED) is 0.680. The van der Waals surface area contributed by atoms with Gasteiger partial charge in [0.05, 0.1) is 6.21 Å². The highest BCUT2D eigenvalue weighted by Gasteiger charge is 2.05. The van der Waals surface area contributed by atoms with Crippen LogP contribution in [0.4, 0.5) is 0 Å². The zero-order valence-electron chi connectivity index (χ0n) is 12.1. The van der Waals surface area contributed by atoms with Crippen molar-refractivity contribution < 1.29 is 9.53 Å². The molecule has 5 heteroatoms. The van der Waals surface area contributed by atoms with Crippen LogP contribution in [0.1, 0.15) is 21.5 Å². The third kappa shape index (κ3) is 4.18. The molecule has 1 amide bonds. The molecule has 0 fully saturated rings. The monoisotopic (exact) mass is 293 g/mol. The van der Waals surface area contributed by atoms with E-state index in [4.69, 9.17) is 10.00 Å². The number of carbonyl (C=O) groups excluding carboxylic acids is 1. The standard InChI is InChI=1S/C17H15N3O2/c1-13-4-2-3-5-16(13)17(21)20-19-12-14-6-8-15(9-7-14)22-11-10-18/h2-9,12H,11H2,1H3,(H,20,21)/b19-12-. The van der Waals surface area contributed by atoms with Crippen molar-refractivity contribution >= 4 is 12.1 Å². The lowest BCUT2D eigenvalue weighted by Gasteiger charge is -2.03. The first-order chi connectivity index (χ1) is 10.7. The van der Waals surface area contributed by atoms with Gasteiger partial charge in [0.1, 0.15) is 11.8 Å². The van der Waals surface area contributed by atoms with Crippen molar-refractivity contribution in [2.75, 3.05) is 6.61 Å². The molecule has 0 atom stereocenters. The number of nitrogens with one attached hydrogen (secondary N) is 1. The van der Waals surface area contributed by atoms with Gasteiger partial charge in [-0.1, -0.05) is 18.2 Å². The van der Waals surface area contributed by atoms with E-state index in [1.165, 1.54) is 0 Å². The Kier molecular flexibility index (Phi) is 5.27. The molecule has 0 saturated carbocycles. The van der Waals surface area contributed by atoms with Crippen molar-refractivity contribution in [3.8, 4) is 11.8 Å². The van der Waals surface area contributed by atoms with Gasteiger partial charge in [0.25, 0.3) is 5.91 Å². The van der Waals surface area contributed by atoms with Gasteiger partial charge in [0, 0.05) is 5.56 Å². The van der Waals surface area contributed by atoms with Crippen LogP contribution in [-0.4, -0.2) is 18.7 Å². The summed E-state index contributed by atoms with van der Waals surface area (Å²) in [7, 11) is 0. The van der Waals surface area contributed by atoms with E-state index >= 15 is 0 Å². The van der Waals surface area contributed by atoms with Gasteiger partial charge >= 0.3 is 0 Å². The molecule has 2 aromatic carbocycles. The maximum absolute atomic E-state index is 12.0. The number of ether oxygens (including phenoxy) is 1. The van der Waals surface area contributed by atoms with Crippen LogP contribution in [0.2, 0.25) is 0 Å². The lowest BCUT2D eigenvalue weighted by Crippen LogP contribution is -2.18. The Labute approximate surface area is 128 Å². The third-order valence-corrected chi connectivity index (χ3v) is 2.95. The average molecular weight is 293 g/mol. The van der Waals surface area contributed by atoms with Gasteiger partial charge in [0.15, 0.2) is 6.61 Å². The molecule has 1 N–H and O–H groups in total. The van der Waals surface area contributed by atoms with E-state index in [-0.39, 0.29) is 12.5 Å². The van der Waals surface area contributed by atoms with Crippen LogP contribution in [0.15, 0.2) is 53.6 Å². The molecule has 2 aromatic rings. The first-order valence-corrected chi connectivity index (χ1v) is 6.69. The van der Waals surface area contributed by atoms with E-state index in [0.29, 0.717) is 11.3 Å². The summed E-state index contributed by atoms with van der Waals surface area (Å²) in [4.78, 5) is 12.0. The fraction of sp³-hybridized carbons (Fsp3) is 0.118. The number of nitrogens with zero attached hydrogens (tertiary/aromatic N) is 2. The van der Waals surface area contributed by atoms with E-state index in [9.17, 15) is 4.79 Å². The van der Waals surface area contributed by atoms with Crippen molar-refractivity contribution in [2.45, 2.75) is 6.92 Å². The topological polar surface area (TPSA) is 74.5 Å². The number of amides is 1. The van der Waals surface area contributed by atoms with Crippen LogP contribution in [0.3, 0.4) is 0 Å². The second-order valence-corrected chi connectivity index (χ2v) is 4.53. The summed E-state index contributed by atoms with van der Waals surface area (Å²) in [6.07, 6.45) is 1.55. The average Bonchev–Trinajstić information content (AvgIpc) is 2.54. The van der Waals surface area contributed by atoms with E-state index in [2.05, 4.69) is 10.5 Å². The van der Waals surface area contributed by atoms with E-state index in [0.717, 1.165) is 11.1 Å². The van der Waals surface area contributed by atoms with Crippen molar-refractivity contribution in [1.29, 1.82) is 5.26 Å². The van der Waals surface area contributed by atoms with Gasteiger partial charge in [-0.15, -0.1) is 0 Å². The van der Waals surface area contributed by atoms with Crippen LogP contribution in [0.25, 0.3) is 0 Å². The molecule has 0 spiro atoms. The molecular weight excluding hydrogens is 278 g/mol. The molecule has 110 valence electrons. The fourth-order valence-electron chi connectivity index (χ4n) is 1.82. The number of hydrazone groups is 1. The van der Waals surface area contributed by atoms with Crippen molar-refractivity contribution in [3.63, 3.8) is 0 Å². The minimum Gasteiger partial charge on any atom is -0.479 e. The number of aryl methyl sites for hydroxylation is 1. The Morgan fingerprint density at radius 2 is 2.00 bits per heavy atom. The second kappa shape index (κ2) is 7.60. The highest BCUT2D eigenvalue weighted by molar-refractivity contribution is 5.96. The lowest BCUT2D eigenvalue weighted by atomic mass is 10.1. The predicted octanol–water partition coefficient (Wildman–Crippen LogP) is 2.66. The summed E-state index contributed by atoms with van der Waals surface area (Å²) in [6.45, 7) is 1.89. The summed E-state index contributed by atoms with van der Waals surface area (Å²) in [6, 6.07) is 16.3. The molecule has 5 nitrogen and oxygen atoms in total. The predicted molar refractivity (Wildman–Crippen MR) is 83.8 cm³/mol. The number of benzene rings is 2. The van der Waals surface area contributed by atoms with Crippen LogP contribution < -0.4 is 10.2 Å². The fourth-order valence-corrected chi connectivity index (χ4v) is 1.82.